The van der Waals surface area contributed by atoms with Crippen LogP contribution in [0, 0.1) is 0 Å². The number of thiophene rings is 1. The van der Waals surface area contributed by atoms with E-state index in [1.54, 1.807) is 6.07 Å². The summed E-state index contributed by atoms with van der Waals surface area (Å²) in [5.41, 5.74) is 0. The van der Waals surface area contributed by atoms with Crippen LogP contribution in [0.4, 0.5) is 0 Å². The van der Waals surface area contributed by atoms with Crippen molar-refractivity contribution in [3.63, 3.8) is 0 Å². The van der Waals surface area contributed by atoms with Gasteiger partial charge in [-0.15, -0.1) is 11.3 Å². The summed E-state index contributed by atoms with van der Waals surface area (Å²) in [5, 5.41) is 11.9. The van der Waals surface area contributed by atoms with Crippen molar-refractivity contribution < 1.29 is 14.7 Å². The molecule has 1 aliphatic heterocycles. The molecule has 0 spiro atoms. The van der Waals surface area contributed by atoms with Gasteiger partial charge in [0.15, 0.2) is 6.29 Å². The van der Waals surface area contributed by atoms with Crippen molar-refractivity contribution in [2.45, 2.75) is 24.8 Å². The summed E-state index contributed by atoms with van der Waals surface area (Å²) < 4.78 is 0. The molecule has 0 aliphatic carbocycles. The second-order valence-corrected chi connectivity index (χ2v) is 5.07. The van der Waals surface area contributed by atoms with Gasteiger partial charge in [0.1, 0.15) is 6.04 Å². The zero-order valence-corrected chi connectivity index (χ0v) is 9.50. The number of carboxylic acid groups (broad SMARTS) is 1. The summed E-state index contributed by atoms with van der Waals surface area (Å²) in [6.45, 7) is 0.718. The van der Waals surface area contributed by atoms with Crippen molar-refractivity contribution >= 4 is 23.6 Å². The molecule has 0 aromatic carbocycles. The van der Waals surface area contributed by atoms with Gasteiger partial charge in [-0.3, -0.25) is 9.59 Å². The molecule has 2 atom stereocenters. The van der Waals surface area contributed by atoms with Gasteiger partial charge in [-0.05, 0) is 37.4 Å². The molecule has 2 N–H and O–H groups in total. The second-order valence-electron chi connectivity index (χ2n) is 3.92. The maximum atomic E-state index is 10.9. The maximum absolute atomic E-state index is 10.9. The average Bonchev–Trinajstić information content (AvgIpc) is 2.77. The summed E-state index contributed by atoms with van der Waals surface area (Å²) in [7, 11) is 0. The lowest BCUT2D eigenvalue weighted by molar-refractivity contribution is -0.140. The molecule has 0 radical (unpaired) electrons. The van der Waals surface area contributed by atoms with Crippen molar-refractivity contribution in [2.24, 2.45) is 0 Å². The Morgan fingerprint density at radius 3 is 3.00 bits per heavy atom. The Hall–Kier alpha value is -1.20. The Labute approximate surface area is 97.3 Å². The Bertz CT molecular complexity index is 402. The predicted molar refractivity (Wildman–Crippen MR) is 61.1 cm³/mol. The second kappa shape index (κ2) is 4.76. The number of aldehydes is 1. The molecule has 2 rings (SSSR count). The lowest BCUT2D eigenvalue weighted by Crippen LogP contribution is -2.42. The van der Waals surface area contributed by atoms with E-state index in [1.165, 1.54) is 11.3 Å². The summed E-state index contributed by atoms with van der Waals surface area (Å²) in [5.74, 6) is -0.530. The van der Waals surface area contributed by atoms with Gasteiger partial charge in [-0.1, -0.05) is 0 Å². The number of carbonyl (C=O) groups excluding carboxylic acids is 1. The van der Waals surface area contributed by atoms with Crippen LogP contribution in [-0.4, -0.2) is 29.9 Å². The highest BCUT2D eigenvalue weighted by Crippen LogP contribution is 2.32. The molecule has 1 aromatic heterocycles. The van der Waals surface area contributed by atoms with Gasteiger partial charge >= 0.3 is 5.97 Å². The van der Waals surface area contributed by atoms with E-state index in [2.05, 4.69) is 5.32 Å². The highest BCUT2D eigenvalue weighted by Gasteiger charge is 2.28. The highest BCUT2D eigenvalue weighted by molar-refractivity contribution is 7.13. The number of rotatable bonds is 3. The van der Waals surface area contributed by atoms with Gasteiger partial charge in [-0.2, -0.15) is 0 Å². The van der Waals surface area contributed by atoms with Crippen LogP contribution in [0.3, 0.4) is 0 Å². The van der Waals surface area contributed by atoms with Crippen LogP contribution in [0.25, 0.3) is 0 Å². The quantitative estimate of drug-likeness (QED) is 0.784. The van der Waals surface area contributed by atoms with E-state index in [4.69, 9.17) is 5.11 Å². The van der Waals surface area contributed by atoms with Gasteiger partial charge in [0.25, 0.3) is 0 Å². The maximum Gasteiger partial charge on any atom is 0.320 e. The first-order valence-electron chi connectivity index (χ1n) is 5.22. The third-order valence-corrected chi connectivity index (χ3v) is 4.04. The van der Waals surface area contributed by atoms with Crippen molar-refractivity contribution in [1.29, 1.82) is 0 Å². The van der Waals surface area contributed by atoms with Crippen LogP contribution >= 0.6 is 11.3 Å². The molecule has 0 amide bonds. The Balaban J connectivity index is 2.09. The van der Waals surface area contributed by atoms with E-state index < -0.39 is 12.0 Å². The topological polar surface area (TPSA) is 66.4 Å². The lowest BCUT2D eigenvalue weighted by atomic mass is 9.91. The molecule has 0 saturated carbocycles. The van der Waals surface area contributed by atoms with E-state index in [0.29, 0.717) is 11.3 Å². The van der Waals surface area contributed by atoms with Gasteiger partial charge in [0.05, 0.1) is 4.88 Å². The van der Waals surface area contributed by atoms with Crippen molar-refractivity contribution in [2.75, 3.05) is 6.54 Å². The Morgan fingerprint density at radius 2 is 2.38 bits per heavy atom. The molecule has 0 bridgehead atoms. The van der Waals surface area contributed by atoms with Crippen molar-refractivity contribution in [1.82, 2.24) is 5.32 Å². The lowest BCUT2D eigenvalue weighted by Gasteiger charge is -2.26. The molecule has 1 aliphatic rings. The van der Waals surface area contributed by atoms with Crippen LogP contribution in [0.5, 0.6) is 0 Å². The van der Waals surface area contributed by atoms with E-state index in [1.807, 2.05) is 6.07 Å². The van der Waals surface area contributed by atoms with Crippen LogP contribution in [-0.2, 0) is 4.79 Å². The predicted octanol–water partition coefficient (Wildman–Crippen LogP) is 1.48. The van der Waals surface area contributed by atoms with E-state index in [-0.39, 0.29) is 5.92 Å². The molecule has 5 heteroatoms. The Kier molecular flexibility index (Phi) is 3.36. The van der Waals surface area contributed by atoms with Gasteiger partial charge in [0, 0.05) is 4.88 Å². The van der Waals surface area contributed by atoms with Crippen LogP contribution in [0.1, 0.15) is 33.3 Å². The molecular weight excluding hydrogens is 226 g/mol. The average molecular weight is 239 g/mol. The summed E-state index contributed by atoms with van der Waals surface area (Å²) in [6, 6.07) is 3.27. The zero-order valence-electron chi connectivity index (χ0n) is 8.68. The zero-order chi connectivity index (χ0) is 11.5. The number of aliphatic carboxylic acids is 1. The fraction of sp³-hybridized carbons (Fsp3) is 0.455. The summed E-state index contributed by atoms with van der Waals surface area (Å²) in [6.07, 6.45) is 2.38. The molecule has 1 fully saturated rings. The minimum absolute atomic E-state index is 0.265. The largest absolute Gasteiger partial charge is 0.480 e. The number of carboxylic acids is 1. The van der Waals surface area contributed by atoms with E-state index in [0.717, 1.165) is 24.1 Å². The monoisotopic (exact) mass is 239 g/mol. The number of carbonyl (C=O) groups is 2. The van der Waals surface area contributed by atoms with Crippen LogP contribution in [0.15, 0.2) is 12.1 Å². The van der Waals surface area contributed by atoms with Gasteiger partial charge in [-0.25, -0.2) is 0 Å². The first kappa shape index (κ1) is 11.3. The summed E-state index contributed by atoms with van der Waals surface area (Å²) in [4.78, 5) is 23.3. The fourth-order valence-corrected chi connectivity index (χ4v) is 2.99. The standard InChI is InChI=1S/C11H13NO3S/c13-6-8-1-2-10(16-8)7-3-4-12-9(5-7)11(14)15/h1-2,6-7,9,12H,3-5H2,(H,14,15). The SMILES string of the molecule is O=Cc1ccc(C2CCNC(C(=O)O)C2)s1. The molecule has 1 saturated heterocycles. The fourth-order valence-electron chi connectivity index (χ4n) is 2.02. The number of hydrogen-bond acceptors (Lipinski definition) is 4. The molecule has 16 heavy (non-hydrogen) atoms. The van der Waals surface area contributed by atoms with Crippen molar-refractivity contribution in [3.8, 4) is 0 Å². The smallest absolute Gasteiger partial charge is 0.320 e. The third-order valence-electron chi connectivity index (χ3n) is 2.87. The van der Waals surface area contributed by atoms with E-state index >= 15 is 0 Å². The molecule has 4 nitrogen and oxygen atoms in total. The minimum atomic E-state index is -0.795. The first-order chi connectivity index (χ1) is 7.70. The molecule has 2 unspecified atom stereocenters. The van der Waals surface area contributed by atoms with Crippen LogP contribution in [0.2, 0.25) is 0 Å². The Morgan fingerprint density at radius 1 is 1.56 bits per heavy atom. The normalized spacial score (nSPS) is 25.2. The number of piperidine rings is 1. The summed E-state index contributed by atoms with van der Waals surface area (Å²) >= 11 is 1.46. The molecule has 1 aromatic rings. The third kappa shape index (κ3) is 2.31. The number of nitrogens with one attached hydrogen (secondary N) is 1. The van der Waals surface area contributed by atoms with Gasteiger partial charge < -0.3 is 10.4 Å². The molecule has 2 heterocycles. The van der Waals surface area contributed by atoms with Gasteiger partial charge in [0.2, 0.25) is 0 Å². The number of hydrogen-bond donors (Lipinski definition) is 2. The molecular formula is C11H13NO3S. The van der Waals surface area contributed by atoms with Crippen LogP contribution < -0.4 is 5.32 Å². The molecule has 86 valence electrons. The minimum Gasteiger partial charge on any atom is -0.480 e. The highest BCUT2D eigenvalue weighted by atomic mass is 32.1. The van der Waals surface area contributed by atoms with Crippen molar-refractivity contribution in [3.05, 3.63) is 21.9 Å². The van der Waals surface area contributed by atoms with E-state index in [9.17, 15) is 9.59 Å². The first-order valence-corrected chi connectivity index (χ1v) is 6.03.